The number of ether oxygens (including phenoxy) is 2. The maximum absolute atomic E-state index is 11.9. The lowest BCUT2D eigenvalue weighted by molar-refractivity contribution is -0.148. The topological polar surface area (TPSA) is 64.6 Å². The minimum absolute atomic E-state index is 0.0441. The second-order valence-corrected chi connectivity index (χ2v) is 5.09. The number of benzene rings is 1. The lowest BCUT2D eigenvalue weighted by atomic mass is 10.0. The summed E-state index contributed by atoms with van der Waals surface area (Å²) in [4.78, 5) is 23.7. The first-order valence-corrected chi connectivity index (χ1v) is 7.27. The van der Waals surface area contributed by atoms with Gasteiger partial charge in [-0.05, 0) is 36.6 Å². The van der Waals surface area contributed by atoms with Crippen molar-refractivity contribution in [3.63, 3.8) is 0 Å². The van der Waals surface area contributed by atoms with Gasteiger partial charge < -0.3 is 14.8 Å². The molecular weight excluding hydrogens is 282 g/mol. The van der Waals surface area contributed by atoms with E-state index in [1.807, 2.05) is 38.1 Å². The summed E-state index contributed by atoms with van der Waals surface area (Å²) in [7, 11) is 1.60. The van der Waals surface area contributed by atoms with Gasteiger partial charge in [0, 0.05) is 6.08 Å². The molecule has 0 radical (unpaired) electrons. The van der Waals surface area contributed by atoms with Gasteiger partial charge in [0.15, 0.2) is 0 Å². The van der Waals surface area contributed by atoms with Crippen LogP contribution < -0.4 is 10.1 Å². The van der Waals surface area contributed by atoms with Crippen LogP contribution in [0, 0.1) is 5.92 Å². The highest BCUT2D eigenvalue weighted by atomic mass is 16.5. The number of carbonyl (C=O) groups excluding carboxylic acids is 2. The van der Waals surface area contributed by atoms with Crippen molar-refractivity contribution in [2.24, 2.45) is 5.92 Å². The summed E-state index contributed by atoms with van der Waals surface area (Å²) in [5, 5.41) is 2.67. The van der Waals surface area contributed by atoms with Crippen LogP contribution in [-0.2, 0) is 14.3 Å². The summed E-state index contributed by atoms with van der Waals surface area (Å²) in [6.45, 7) is 5.74. The van der Waals surface area contributed by atoms with E-state index in [-0.39, 0.29) is 11.8 Å². The number of nitrogens with one attached hydrogen (secondary N) is 1. The van der Waals surface area contributed by atoms with Gasteiger partial charge in [0.1, 0.15) is 11.8 Å². The third-order valence-corrected chi connectivity index (χ3v) is 3.05. The minimum Gasteiger partial charge on any atom is -0.497 e. The molecule has 0 spiro atoms. The summed E-state index contributed by atoms with van der Waals surface area (Å²) < 4.78 is 10.0. The third kappa shape index (κ3) is 5.60. The van der Waals surface area contributed by atoms with Crippen LogP contribution in [0.2, 0.25) is 0 Å². The van der Waals surface area contributed by atoms with E-state index >= 15 is 0 Å². The smallest absolute Gasteiger partial charge is 0.328 e. The van der Waals surface area contributed by atoms with E-state index in [0.29, 0.717) is 6.61 Å². The Labute approximate surface area is 131 Å². The van der Waals surface area contributed by atoms with Gasteiger partial charge in [0.2, 0.25) is 5.91 Å². The molecule has 0 aliphatic rings. The van der Waals surface area contributed by atoms with E-state index in [1.54, 1.807) is 20.1 Å². The molecule has 0 aromatic heterocycles. The molecule has 5 heteroatoms. The average molecular weight is 305 g/mol. The lowest BCUT2D eigenvalue weighted by Gasteiger charge is -2.19. The Morgan fingerprint density at radius 2 is 1.86 bits per heavy atom. The summed E-state index contributed by atoms with van der Waals surface area (Å²) >= 11 is 0. The SMILES string of the molecule is CCOC(=O)[C@@H](NC(=O)/C=C/c1ccc(OC)cc1)C(C)C. The number of esters is 1. The molecule has 0 fully saturated rings. The quantitative estimate of drug-likeness (QED) is 0.620. The zero-order chi connectivity index (χ0) is 16.5. The molecule has 1 rings (SSSR count). The van der Waals surface area contributed by atoms with Crippen molar-refractivity contribution >= 4 is 18.0 Å². The maximum atomic E-state index is 11.9. The van der Waals surface area contributed by atoms with Crippen LogP contribution in [0.4, 0.5) is 0 Å². The Morgan fingerprint density at radius 3 is 2.36 bits per heavy atom. The molecule has 1 atom stereocenters. The first-order chi connectivity index (χ1) is 10.5. The fraction of sp³-hybridized carbons (Fsp3) is 0.412. The molecule has 1 aromatic rings. The highest BCUT2D eigenvalue weighted by molar-refractivity contribution is 5.94. The molecule has 1 N–H and O–H groups in total. The highest BCUT2D eigenvalue weighted by Gasteiger charge is 2.24. The zero-order valence-corrected chi connectivity index (χ0v) is 13.5. The van der Waals surface area contributed by atoms with Gasteiger partial charge >= 0.3 is 5.97 Å². The normalized spacial score (nSPS) is 12.2. The van der Waals surface area contributed by atoms with Crippen LogP contribution in [0.5, 0.6) is 5.75 Å². The van der Waals surface area contributed by atoms with Crippen molar-refractivity contribution in [2.45, 2.75) is 26.8 Å². The number of carbonyl (C=O) groups is 2. The fourth-order valence-electron chi connectivity index (χ4n) is 1.82. The summed E-state index contributed by atoms with van der Waals surface area (Å²) in [6.07, 6.45) is 3.08. The number of rotatable bonds is 7. The van der Waals surface area contributed by atoms with E-state index in [4.69, 9.17) is 9.47 Å². The van der Waals surface area contributed by atoms with E-state index in [0.717, 1.165) is 11.3 Å². The Hall–Kier alpha value is -2.30. The molecule has 1 amide bonds. The maximum Gasteiger partial charge on any atom is 0.328 e. The first-order valence-electron chi connectivity index (χ1n) is 7.27. The molecule has 0 saturated carbocycles. The predicted octanol–water partition coefficient (Wildman–Crippen LogP) is 2.41. The van der Waals surface area contributed by atoms with Crippen molar-refractivity contribution in [1.82, 2.24) is 5.32 Å². The second kappa shape index (κ2) is 8.87. The third-order valence-electron chi connectivity index (χ3n) is 3.05. The standard InChI is InChI=1S/C17H23NO4/c1-5-22-17(20)16(12(2)3)18-15(19)11-8-13-6-9-14(21-4)10-7-13/h6-12,16H,5H2,1-4H3,(H,18,19)/b11-8+/t16-/m0/s1. The van der Waals surface area contributed by atoms with Crippen LogP contribution in [0.1, 0.15) is 26.3 Å². The molecule has 22 heavy (non-hydrogen) atoms. The Kier molecular flexibility index (Phi) is 7.16. The van der Waals surface area contributed by atoms with Gasteiger partial charge in [-0.15, -0.1) is 0 Å². The Bertz CT molecular complexity index is 520. The molecule has 0 bridgehead atoms. The Morgan fingerprint density at radius 1 is 1.23 bits per heavy atom. The molecular formula is C17H23NO4. The molecule has 0 unspecified atom stereocenters. The van der Waals surface area contributed by atoms with E-state index in [2.05, 4.69) is 5.32 Å². The lowest BCUT2D eigenvalue weighted by Crippen LogP contribution is -2.44. The molecule has 0 aliphatic heterocycles. The van der Waals surface area contributed by atoms with Crippen LogP contribution >= 0.6 is 0 Å². The number of methoxy groups -OCH3 is 1. The van der Waals surface area contributed by atoms with Gasteiger partial charge in [0.25, 0.3) is 0 Å². The summed E-state index contributed by atoms with van der Waals surface area (Å²) in [5.41, 5.74) is 0.869. The van der Waals surface area contributed by atoms with Gasteiger partial charge in [-0.25, -0.2) is 4.79 Å². The molecule has 5 nitrogen and oxygen atoms in total. The number of hydrogen-bond acceptors (Lipinski definition) is 4. The average Bonchev–Trinajstić information content (AvgIpc) is 2.51. The van der Waals surface area contributed by atoms with Crippen molar-refractivity contribution in [1.29, 1.82) is 0 Å². The fourth-order valence-corrected chi connectivity index (χ4v) is 1.82. The number of hydrogen-bond donors (Lipinski definition) is 1. The van der Waals surface area contributed by atoms with Crippen molar-refractivity contribution < 1.29 is 19.1 Å². The van der Waals surface area contributed by atoms with Crippen LogP contribution in [0.25, 0.3) is 6.08 Å². The first kappa shape index (κ1) is 17.8. The monoisotopic (exact) mass is 305 g/mol. The minimum atomic E-state index is -0.645. The van der Waals surface area contributed by atoms with E-state index < -0.39 is 12.0 Å². The van der Waals surface area contributed by atoms with Crippen LogP contribution in [0.3, 0.4) is 0 Å². The van der Waals surface area contributed by atoms with Gasteiger partial charge in [0.05, 0.1) is 13.7 Å². The van der Waals surface area contributed by atoms with Gasteiger partial charge in [-0.1, -0.05) is 26.0 Å². The molecule has 1 aromatic carbocycles. The predicted molar refractivity (Wildman–Crippen MR) is 85.4 cm³/mol. The highest BCUT2D eigenvalue weighted by Crippen LogP contribution is 2.12. The van der Waals surface area contributed by atoms with Crippen molar-refractivity contribution in [3.05, 3.63) is 35.9 Å². The largest absolute Gasteiger partial charge is 0.497 e. The summed E-state index contributed by atoms with van der Waals surface area (Å²) in [5.74, 6) is -0.0348. The zero-order valence-electron chi connectivity index (χ0n) is 13.5. The van der Waals surface area contributed by atoms with E-state index in [9.17, 15) is 9.59 Å². The van der Waals surface area contributed by atoms with Crippen molar-refractivity contribution in [2.75, 3.05) is 13.7 Å². The molecule has 0 saturated heterocycles. The van der Waals surface area contributed by atoms with Gasteiger partial charge in [-0.3, -0.25) is 4.79 Å². The second-order valence-electron chi connectivity index (χ2n) is 5.09. The van der Waals surface area contributed by atoms with Gasteiger partial charge in [-0.2, -0.15) is 0 Å². The van der Waals surface area contributed by atoms with E-state index in [1.165, 1.54) is 6.08 Å². The number of amides is 1. The molecule has 0 heterocycles. The molecule has 120 valence electrons. The Balaban J connectivity index is 2.65. The van der Waals surface area contributed by atoms with Crippen LogP contribution in [-0.4, -0.2) is 31.6 Å². The molecule has 0 aliphatic carbocycles. The van der Waals surface area contributed by atoms with Crippen LogP contribution in [0.15, 0.2) is 30.3 Å². The summed E-state index contributed by atoms with van der Waals surface area (Å²) in [6, 6.07) is 6.66. The van der Waals surface area contributed by atoms with Crippen molar-refractivity contribution in [3.8, 4) is 5.75 Å².